The van der Waals surface area contributed by atoms with E-state index in [2.05, 4.69) is 21.2 Å². The van der Waals surface area contributed by atoms with Gasteiger partial charge in [0.2, 0.25) is 0 Å². The number of aryl methyl sites for hydroxylation is 2. The Morgan fingerprint density at radius 2 is 1.93 bits per heavy atom. The van der Waals surface area contributed by atoms with Crippen LogP contribution in [0.5, 0.6) is 0 Å². The summed E-state index contributed by atoms with van der Waals surface area (Å²) >= 11 is 3.46. The summed E-state index contributed by atoms with van der Waals surface area (Å²) in [4.78, 5) is 12.5. The van der Waals surface area contributed by atoms with Crippen molar-refractivity contribution in [1.82, 2.24) is 4.57 Å². The molecule has 0 unspecified atom stereocenters. The minimum Gasteiger partial charge on any atom is -0.321 e. The minimum atomic E-state index is -0.428. The number of aromatic nitrogens is 1. The molecule has 1 amide bonds. The molecule has 4 nitrogen and oxygen atoms in total. The van der Waals surface area contributed by atoms with Crippen LogP contribution in [0.25, 0.3) is 11.8 Å². The van der Waals surface area contributed by atoms with Crippen LogP contribution in [0.3, 0.4) is 0 Å². The van der Waals surface area contributed by atoms with E-state index in [-0.39, 0.29) is 5.57 Å². The fourth-order valence-corrected chi connectivity index (χ4v) is 3.07. The summed E-state index contributed by atoms with van der Waals surface area (Å²) < 4.78 is 2.88. The number of carbonyl (C=O) groups excluding carboxylic acids is 1. The lowest BCUT2D eigenvalue weighted by atomic mass is 10.1. The molecular weight excluding hydrogens is 402 g/mol. The number of hydrogen-bond acceptors (Lipinski definition) is 2. The first-order valence-corrected chi connectivity index (χ1v) is 9.21. The first-order valence-electron chi connectivity index (χ1n) is 8.41. The van der Waals surface area contributed by atoms with Crippen molar-refractivity contribution in [2.75, 3.05) is 5.32 Å². The Morgan fingerprint density at radius 3 is 2.63 bits per heavy atom. The molecule has 0 aliphatic heterocycles. The van der Waals surface area contributed by atoms with Gasteiger partial charge in [-0.2, -0.15) is 5.26 Å². The van der Waals surface area contributed by atoms with Crippen LogP contribution in [0, 0.1) is 25.2 Å². The number of halogens is 1. The van der Waals surface area contributed by atoms with Crippen molar-refractivity contribution in [2.24, 2.45) is 0 Å². The number of amides is 1. The third-order valence-corrected chi connectivity index (χ3v) is 4.78. The predicted octanol–water partition coefficient (Wildman–Crippen LogP) is 5.40. The smallest absolute Gasteiger partial charge is 0.266 e. The fourth-order valence-electron chi connectivity index (χ4n) is 2.69. The lowest BCUT2D eigenvalue weighted by Gasteiger charge is -2.09. The van der Waals surface area contributed by atoms with E-state index in [1.165, 1.54) is 0 Å². The van der Waals surface area contributed by atoms with Crippen LogP contribution in [-0.2, 0) is 4.79 Å². The average Bonchev–Trinajstić information content (AvgIpc) is 3.11. The van der Waals surface area contributed by atoms with Crippen molar-refractivity contribution in [3.05, 3.63) is 87.7 Å². The molecule has 0 aliphatic rings. The van der Waals surface area contributed by atoms with E-state index in [0.29, 0.717) is 5.69 Å². The van der Waals surface area contributed by atoms with E-state index in [4.69, 9.17) is 0 Å². The standard InChI is InChI=1S/C22H18BrN3O/c1-15-8-9-19(11-16(15)2)25-22(27)17(14-24)12-20-7-4-10-26(20)21-6-3-5-18(23)13-21/h3-13H,1-2H3,(H,25,27)/b17-12-. The molecule has 0 fully saturated rings. The maximum Gasteiger partial charge on any atom is 0.266 e. The zero-order valence-electron chi connectivity index (χ0n) is 15.0. The Morgan fingerprint density at radius 1 is 1.11 bits per heavy atom. The average molecular weight is 420 g/mol. The molecule has 0 aliphatic carbocycles. The number of anilines is 1. The van der Waals surface area contributed by atoms with Gasteiger partial charge in [-0.25, -0.2) is 0 Å². The molecule has 0 radical (unpaired) electrons. The highest BCUT2D eigenvalue weighted by Gasteiger charge is 2.12. The Balaban J connectivity index is 1.89. The first kappa shape index (κ1) is 18.7. The first-order chi connectivity index (χ1) is 13.0. The van der Waals surface area contributed by atoms with E-state index in [1.807, 2.05) is 85.3 Å². The number of hydrogen-bond donors (Lipinski definition) is 1. The van der Waals surface area contributed by atoms with Crippen molar-refractivity contribution >= 4 is 33.6 Å². The van der Waals surface area contributed by atoms with E-state index >= 15 is 0 Å². The molecule has 2 aromatic carbocycles. The van der Waals surface area contributed by atoms with Gasteiger partial charge >= 0.3 is 0 Å². The Hall–Kier alpha value is -3.10. The van der Waals surface area contributed by atoms with Gasteiger partial charge in [-0.3, -0.25) is 4.79 Å². The van der Waals surface area contributed by atoms with E-state index < -0.39 is 5.91 Å². The van der Waals surface area contributed by atoms with E-state index in [9.17, 15) is 10.1 Å². The van der Waals surface area contributed by atoms with Crippen LogP contribution < -0.4 is 5.32 Å². The molecule has 1 N–H and O–H groups in total. The van der Waals surface area contributed by atoms with Gasteiger partial charge in [0.15, 0.2) is 0 Å². The zero-order chi connectivity index (χ0) is 19.4. The van der Waals surface area contributed by atoms with Crippen molar-refractivity contribution in [3.8, 4) is 11.8 Å². The minimum absolute atomic E-state index is 0.0446. The largest absolute Gasteiger partial charge is 0.321 e. The lowest BCUT2D eigenvalue weighted by Crippen LogP contribution is -2.14. The SMILES string of the molecule is Cc1ccc(NC(=O)/C(C#N)=C\c2cccn2-c2cccc(Br)c2)cc1C. The van der Waals surface area contributed by atoms with Gasteiger partial charge in [-0.05, 0) is 73.5 Å². The lowest BCUT2D eigenvalue weighted by molar-refractivity contribution is -0.112. The molecule has 3 rings (SSSR count). The molecule has 5 heteroatoms. The second-order valence-electron chi connectivity index (χ2n) is 6.21. The molecule has 0 saturated carbocycles. The zero-order valence-corrected chi connectivity index (χ0v) is 16.6. The van der Waals surface area contributed by atoms with Crippen LogP contribution in [0.4, 0.5) is 5.69 Å². The second-order valence-corrected chi connectivity index (χ2v) is 7.12. The van der Waals surface area contributed by atoms with Crippen LogP contribution >= 0.6 is 15.9 Å². The highest BCUT2D eigenvalue weighted by atomic mass is 79.9. The Bertz CT molecular complexity index is 1070. The van der Waals surface area contributed by atoms with Crippen LogP contribution in [0.1, 0.15) is 16.8 Å². The summed E-state index contributed by atoms with van der Waals surface area (Å²) in [6, 6.07) is 19.2. The number of benzene rings is 2. The van der Waals surface area contributed by atoms with Crippen LogP contribution in [-0.4, -0.2) is 10.5 Å². The van der Waals surface area contributed by atoms with Crippen LogP contribution in [0.15, 0.2) is 70.8 Å². The quantitative estimate of drug-likeness (QED) is 0.454. The van der Waals surface area contributed by atoms with Crippen LogP contribution in [0.2, 0.25) is 0 Å². The summed E-state index contributed by atoms with van der Waals surface area (Å²) in [7, 11) is 0. The number of nitriles is 1. The molecular formula is C22H18BrN3O. The van der Waals surface area contributed by atoms with Gasteiger partial charge in [-0.15, -0.1) is 0 Å². The Labute approximate surface area is 166 Å². The Kier molecular flexibility index (Phi) is 5.58. The van der Waals surface area contributed by atoms with Gasteiger partial charge in [0.1, 0.15) is 11.6 Å². The topological polar surface area (TPSA) is 57.8 Å². The number of rotatable bonds is 4. The summed E-state index contributed by atoms with van der Waals surface area (Å²) in [6.45, 7) is 3.99. The van der Waals surface area contributed by atoms with Crippen molar-refractivity contribution < 1.29 is 4.79 Å². The summed E-state index contributed by atoms with van der Waals surface area (Å²) in [6.07, 6.45) is 3.49. The maximum atomic E-state index is 12.5. The molecule has 1 heterocycles. The highest BCUT2D eigenvalue weighted by Crippen LogP contribution is 2.20. The molecule has 0 saturated heterocycles. The van der Waals surface area contributed by atoms with E-state index in [1.54, 1.807) is 6.08 Å². The molecule has 27 heavy (non-hydrogen) atoms. The van der Waals surface area contributed by atoms with Crippen molar-refractivity contribution in [1.29, 1.82) is 5.26 Å². The van der Waals surface area contributed by atoms with Crippen molar-refractivity contribution in [3.63, 3.8) is 0 Å². The predicted molar refractivity (Wildman–Crippen MR) is 112 cm³/mol. The molecule has 0 bridgehead atoms. The third-order valence-electron chi connectivity index (χ3n) is 4.29. The highest BCUT2D eigenvalue weighted by molar-refractivity contribution is 9.10. The van der Waals surface area contributed by atoms with E-state index in [0.717, 1.165) is 27.0 Å². The summed E-state index contributed by atoms with van der Waals surface area (Å²) in [5.41, 5.74) is 4.64. The maximum absolute atomic E-state index is 12.5. The molecule has 0 spiro atoms. The molecule has 134 valence electrons. The molecule has 0 atom stereocenters. The molecule has 1 aromatic heterocycles. The van der Waals surface area contributed by atoms with Gasteiger partial charge in [0, 0.05) is 27.7 Å². The third kappa shape index (κ3) is 4.36. The fraction of sp³-hybridized carbons (Fsp3) is 0.0909. The van der Waals surface area contributed by atoms with Crippen molar-refractivity contribution in [2.45, 2.75) is 13.8 Å². The normalized spacial score (nSPS) is 11.1. The summed E-state index contributed by atoms with van der Waals surface area (Å²) in [5.74, 6) is -0.428. The van der Waals surface area contributed by atoms with Gasteiger partial charge in [0.25, 0.3) is 5.91 Å². The second kappa shape index (κ2) is 8.07. The molecule has 3 aromatic rings. The summed E-state index contributed by atoms with van der Waals surface area (Å²) in [5, 5.41) is 12.3. The van der Waals surface area contributed by atoms with Gasteiger partial charge < -0.3 is 9.88 Å². The van der Waals surface area contributed by atoms with Gasteiger partial charge in [0.05, 0.1) is 0 Å². The number of nitrogens with zero attached hydrogens (tertiary/aromatic N) is 2. The number of nitrogens with one attached hydrogen (secondary N) is 1. The van der Waals surface area contributed by atoms with Gasteiger partial charge in [-0.1, -0.05) is 28.1 Å². The monoisotopic (exact) mass is 419 g/mol. The number of carbonyl (C=O) groups is 1.